The van der Waals surface area contributed by atoms with E-state index in [4.69, 9.17) is 5.73 Å². The van der Waals surface area contributed by atoms with Crippen LogP contribution in [0.3, 0.4) is 0 Å². The summed E-state index contributed by atoms with van der Waals surface area (Å²) in [6, 6.07) is 6.41. The SMILES string of the molecule is CCCCC[C@H](N)c1c[nH]c2ccc(Br)cc12. The molecule has 0 saturated carbocycles. The van der Waals surface area contributed by atoms with Crippen LogP contribution >= 0.6 is 15.9 Å². The standard InChI is InChI=1S/C14H19BrN2/c1-2-3-4-5-13(16)12-9-17-14-7-6-10(15)8-11(12)14/h6-9,13,17H,2-5,16H2,1H3/t13-/m0/s1. The van der Waals surface area contributed by atoms with Crippen molar-refractivity contribution in [3.05, 3.63) is 34.4 Å². The van der Waals surface area contributed by atoms with Crippen molar-refractivity contribution in [3.8, 4) is 0 Å². The predicted octanol–water partition coefficient (Wildman–Crippen LogP) is 4.51. The van der Waals surface area contributed by atoms with Gasteiger partial charge in [0.25, 0.3) is 0 Å². The summed E-state index contributed by atoms with van der Waals surface area (Å²) in [6.07, 6.45) is 6.82. The summed E-state index contributed by atoms with van der Waals surface area (Å²) in [5.41, 5.74) is 8.66. The summed E-state index contributed by atoms with van der Waals surface area (Å²) in [6.45, 7) is 2.22. The topological polar surface area (TPSA) is 41.8 Å². The summed E-state index contributed by atoms with van der Waals surface area (Å²) in [5.74, 6) is 0. The number of hydrogen-bond acceptors (Lipinski definition) is 1. The molecule has 1 aromatic carbocycles. The number of benzene rings is 1. The van der Waals surface area contributed by atoms with Crippen molar-refractivity contribution in [1.29, 1.82) is 0 Å². The van der Waals surface area contributed by atoms with Gasteiger partial charge in [-0.25, -0.2) is 0 Å². The Hall–Kier alpha value is -0.800. The smallest absolute Gasteiger partial charge is 0.0458 e. The van der Waals surface area contributed by atoms with Crippen LogP contribution in [-0.2, 0) is 0 Å². The van der Waals surface area contributed by atoms with Crippen molar-refractivity contribution in [2.24, 2.45) is 5.73 Å². The quantitative estimate of drug-likeness (QED) is 0.783. The summed E-state index contributed by atoms with van der Waals surface area (Å²) < 4.78 is 1.10. The lowest BCUT2D eigenvalue weighted by Crippen LogP contribution is -2.09. The van der Waals surface area contributed by atoms with Gasteiger partial charge in [-0.2, -0.15) is 0 Å². The van der Waals surface area contributed by atoms with Crippen LogP contribution in [0.1, 0.15) is 44.2 Å². The Bertz CT molecular complexity index is 490. The minimum absolute atomic E-state index is 0.143. The molecule has 0 fully saturated rings. The Morgan fingerprint density at radius 2 is 2.18 bits per heavy atom. The van der Waals surface area contributed by atoms with Crippen molar-refractivity contribution < 1.29 is 0 Å². The molecular formula is C14H19BrN2. The summed E-state index contributed by atoms with van der Waals surface area (Å²) in [7, 11) is 0. The van der Waals surface area contributed by atoms with Crippen LogP contribution in [0, 0.1) is 0 Å². The molecule has 0 aliphatic carbocycles. The van der Waals surface area contributed by atoms with Gasteiger partial charge in [-0.05, 0) is 30.2 Å². The lowest BCUT2D eigenvalue weighted by molar-refractivity contribution is 0.584. The number of nitrogens with two attached hydrogens (primary N) is 1. The first kappa shape index (κ1) is 12.7. The Kier molecular flexibility index (Phi) is 4.24. The Morgan fingerprint density at radius 1 is 1.35 bits per heavy atom. The van der Waals surface area contributed by atoms with Crippen LogP contribution in [0.5, 0.6) is 0 Å². The van der Waals surface area contributed by atoms with Crippen molar-refractivity contribution in [2.45, 2.75) is 38.6 Å². The van der Waals surface area contributed by atoms with E-state index in [-0.39, 0.29) is 6.04 Å². The van der Waals surface area contributed by atoms with Gasteiger partial charge < -0.3 is 10.7 Å². The highest BCUT2D eigenvalue weighted by Gasteiger charge is 2.11. The number of fused-ring (bicyclic) bond motifs is 1. The summed E-state index contributed by atoms with van der Waals surface area (Å²) >= 11 is 3.51. The molecule has 1 heterocycles. The fraction of sp³-hybridized carbons (Fsp3) is 0.429. The number of halogens is 1. The fourth-order valence-electron chi connectivity index (χ4n) is 2.19. The molecule has 3 heteroatoms. The molecule has 0 aliphatic heterocycles. The molecule has 1 atom stereocenters. The first-order chi connectivity index (χ1) is 8.22. The average molecular weight is 295 g/mol. The molecule has 0 bridgehead atoms. The van der Waals surface area contributed by atoms with Gasteiger partial charge in [0, 0.05) is 27.6 Å². The Labute approximate surface area is 111 Å². The van der Waals surface area contributed by atoms with Crippen molar-refractivity contribution >= 4 is 26.8 Å². The van der Waals surface area contributed by atoms with E-state index in [0.717, 1.165) is 16.4 Å². The monoisotopic (exact) mass is 294 g/mol. The van der Waals surface area contributed by atoms with E-state index in [0.29, 0.717) is 0 Å². The summed E-state index contributed by atoms with van der Waals surface area (Å²) in [5, 5.41) is 1.24. The number of H-pyrrole nitrogens is 1. The molecule has 2 aromatic rings. The Morgan fingerprint density at radius 3 is 2.94 bits per heavy atom. The largest absolute Gasteiger partial charge is 0.361 e. The molecule has 1 aromatic heterocycles. The Balaban J connectivity index is 2.19. The number of aromatic nitrogens is 1. The third kappa shape index (κ3) is 2.90. The van der Waals surface area contributed by atoms with E-state index >= 15 is 0 Å². The van der Waals surface area contributed by atoms with E-state index < -0.39 is 0 Å². The van der Waals surface area contributed by atoms with E-state index in [1.165, 1.54) is 30.2 Å². The molecule has 92 valence electrons. The van der Waals surface area contributed by atoms with Gasteiger partial charge >= 0.3 is 0 Å². The average Bonchev–Trinajstić information content (AvgIpc) is 2.72. The van der Waals surface area contributed by atoms with Gasteiger partial charge in [0.1, 0.15) is 0 Å². The third-order valence-corrected chi connectivity index (χ3v) is 3.69. The molecule has 2 rings (SSSR count). The van der Waals surface area contributed by atoms with Gasteiger partial charge in [-0.3, -0.25) is 0 Å². The molecule has 3 N–H and O–H groups in total. The number of rotatable bonds is 5. The highest BCUT2D eigenvalue weighted by molar-refractivity contribution is 9.10. The second-order valence-electron chi connectivity index (χ2n) is 4.54. The molecule has 2 nitrogen and oxygen atoms in total. The van der Waals surface area contributed by atoms with E-state index in [9.17, 15) is 0 Å². The van der Waals surface area contributed by atoms with Crippen molar-refractivity contribution in [1.82, 2.24) is 4.98 Å². The zero-order valence-corrected chi connectivity index (χ0v) is 11.8. The van der Waals surface area contributed by atoms with Gasteiger partial charge in [0.15, 0.2) is 0 Å². The first-order valence-electron chi connectivity index (χ1n) is 6.24. The molecule has 0 unspecified atom stereocenters. The van der Waals surface area contributed by atoms with Crippen LogP contribution in [0.4, 0.5) is 0 Å². The maximum Gasteiger partial charge on any atom is 0.0458 e. The van der Waals surface area contributed by atoms with Crippen LogP contribution in [0.15, 0.2) is 28.9 Å². The molecule has 0 saturated heterocycles. The van der Waals surface area contributed by atoms with Gasteiger partial charge in [-0.1, -0.05) is 42.1 Å². The molecule has 0 radical (unpaired) electrons. The highest BCUT2D eigenvalue weighted by Crippen LogP contribution is 2.28. The van der Waals surface area contributed by atoms with Gasteiger partial charge in [0.2, 0.25) is 0 Å². The second-order valence-corrected chi connectivity index (χ2v) is 5.45. The minimum Gasteiger partial charge on any atom is -0.361 e. The summed E-state index contributed by atoms with van der Waals surface area (Å²) in [4.78, 5) is 3.29. The number of hydrogen-bond donors (Lipinski definition) is 2. The van der Waals surface area contributed by atoms with Crippen LogP contribution in [-0.4, -0.2) is 4.98 Å². The van der Waals surface area contributed by atoms with E-state index in [1.807, 2.05) is 12.3 Å². The zero-order chi connectivity index (χ0) is 12.3. The molecule has 17 heavy (non-hydrogen) atoms. The van der Waals surface area contributed by atoms with Crippen LogP contribution < -0.4 is 5.73 Å². The predicted molar refractivity (Wildman–Crippen MR) is 77.1 cm³/mol. The minimum atomic E-state index is 0.143. The maximum atomic E-state index is 6.26. The van der Waals surface area contributed by atoms with Crippen LogP contribution in [0.2, 0.25) is 0 Å². The van der Waals surface area contributed by atoms with Gasteiger partial charge in [0.05, 0.1) is 0 Å². The van der Waals surface area contributed by atoms with Crippen molar-refractivity contribution in [3.63, 3.8) is 0 Å². The highest BCUT2D eigenvalue weighted by atomic mass is 79.9. The molecular weight excluding hydrogens is 276 g/mol. The molecule has 0 amide bonds. The number of aromatic amines is 1. The third-order valence-electron chi connectivity index (χ3n) is 3.19. The zero-order valence-electron chi connectivity index (χ0n) is 10.2. The van der Waals surface area contributed by atoms with E-state index in [2.05, 4.69) is 40.0 Å². The number of nitrogens with one attached hydrogen (secondary N) is 1. The van der Waals surface area contributed by atoms with Crippen LogP contribution in [0.25, 0.3) is 10.9 Å². The van der Waals surface area contributed by atoms with E-state index in [1.54, 1.807) is 0 Å². The maximum absolute atomic E-state index is 6.26. The number of unbranched alkanes of at least 4 members (excludes halogenated alkanes) is 2. The molecule has 0 aliphatic rings. The lowest BCUT2D eigenvalue weighted by atomic mass is 10.0. The second kappa shape index (κ2) is 5.69. The normalized spacial score (nSPS) is 13.1. The first-order valence-corrected chi connectivity index (χ1v) is 7.03. The molecule has 0 spiro atoms. The van der Waals surface area contributed by atoms with Gasteiger partial charge in [-0.15, -0.1) is 0 Å². The van der Waals surface area contributed by atoms with Crippen molar-refractivity contribution in [2.75, 3.05) is 0 Å². The fourth-order valence-corrected chi connectivity index (χ4v) is 2.55. The lowest BCUT2D eigenvalue weighted by Gasteiger charge is -2.10.